The molecule has 0 fully saturated rings. The number of hydrogen-bond acceptors (Lipinski definition) is 2. The van der Waals surface area contributed by atoms with E-state index in [4.69, 9.17) is 5.73 Å². The second-order valence-corrected chi connectivity index (χ2v) is 2.61. The minimum atomic E-state index is -0.517. The highest BCUT2D eigenvalue weighted by molar-refractivity contribution is 5.27. The van der Waals surface area contributed by atoms with Crippen molar-refractivity contribution in [3.8, 4) is 0 Å². The Kier molecular flexibility index (Phi) is 2.63. The van der Waals surface area contributed by atoms with Crippen LogP contribution in [0, 0.1) is 6.92 Å². The lowest BCUT2D eigenvalue weighted by atomic mass is 10.0. The lowest BCUT2D eigenvalue weighted by molar-refractivity contribution is 0.186. The zero-order valence-electron chi connectivity index (χ0n) is 6.62. The van der Waals surface area contributed by atoms with E-state index in [-0.39, 0.29) is 6.54 Å². The van der Waals surface area contributed by atoms with Gasteiger partial charge in [0.05, 0.1) is 6.10 Å². The fourth-order valence-corrected chi connectivity index (χ4v) is 1.09. The molecule has 1 atom stereocenters. The summed E-state index contributed by atoms with van der Waals surface area (Å²) >= 11 is 0. The second kappa shape index (κ2) is 3.51. The van der Waals surface area contributed by atoms with Crippen molar-refractivity contribution < 1.29 is 5.11 Å². The number of hydrogen-bond donors (Lipinski definition) is 2. The van der Waals surface area contributed by atoms with Crippen molar-refractivity contribution in [3.63, 3.8) is 0 Å². The predicted octanol–water partition coefficient (Wildman–Crippen LogP) is 0.987. The van der Waals surface area contributed by atoms with E-state index in [1.807, 2.05) is 31.2 Å². The van der Waals surface area contributed by atoms with Crippen LogP contribution < -0.4 is 5.73 Å². The van der Waals surface area contributed by atoms with E-state index >= 15 is 0 Å². The molecule has 2 heteroatoms. The zero-order valence-corrected chi connectivity index (χ0v) is 6.62. The van der Waals surface area contributed by atoms with Crippen molar-refractivity contribution in [2.24, 2.45) is 5.73 Å². The molecule has 0 bridgehead atoms. The minimum Gasteiger partial charge on any atom is -0.387 e. The highest BCUT2D eigenvalue weighted by Crippen LogP contribution is 2.15. The van der Waals surface area contributed by atoms with E-state index in [9.17, 15) is 5.11 Å². The summed E-state index contributed by atoms with van der Waals surface area (Å²) in [5, 5.41) is 9.39. The molecule has 60 valence electrons. The first-order chi connectivity index (χ1) is 5.25. The molecule has 0 heterocycles. The zero-order chi connectivity index (χ0) is 8.27. The fraction of sp³-hybridized carbons (Fsp3) is 0.333. The highest BCUT2D eigenvalue weighted by Gasteiger charge is 2.05. The summed E-state index contributed by atoms with van der Waals surface area (Å²) in [6.45, 7) is 2.25. The van der Waals surface area contributed by atoms with Crippen LogP contribution in [0.4, 0.5) is 0 Å². The maximum absolute atomic E-state index is 9.39. The second-order valence-electron chi connectivity index (χ2n) is 2.61. The molecule has 0 saturated heterocycles. The molecule has 1 aromatic rings. The lowest BCUT2D eigenvalue weighted by Gasteiger charge is -2.10. The quantitative estimate of drug-likeness (QED) is 0.662. The van der Waals surface area contributed by atoms with Gasteiger partial charge in [0.2, 0.25) is 0 Å². The number of benzene rings is 1. The van der Waals surface area contributed by atoms with Gasteiger partial charge in [0, 0.05) is 6.54 Å². The number of nitrogens with two attached hydrogens (primary N) is 1. The third kappa shape index (κ3) is 1.79. The van der Waals surface area contributed by atoms with Gasteiger partial charge in [-0.3, -0.25) is 0 Å². The minimum absolute atomic E-state index is 0.283. The average Bonchev–Trinajstić information content (AvgIpc) is 2.04. The fourth-order valence-electron chi connectivity index (χ4n) is 1.09. The molecule has 0 radical (unpaired) electrons. The molecule has 0 aliphatic carbocycles. The van der Waals surface area contributed by atoms with Crippen LogP contribution in [0.15, 0.2) is 24.3 Å². The molecule has 0 aromatic heterocycles. The van der Waals surface area contributed by atoms with Gasteiger partial charge in [0.15, 0.2) is 0 Å². The average molecular weight is 151 g/mol. The van der Waals surface area contributed by atoms with Gasteiger partial charge in [-0.05, 0) is 18.1 Å². The number of aliphatic hydroxyl groups is 1. The van der Waals surface area contributed by atoms with Gasteiger partial charge in [-0.25, -0.2) is 0 Å². The number of rotatable bonds is 2. The first kappa shape index (κ1) is 8.24. The molecule has 2 nitrogen and oxygen atoms in total. The topological polar surface area (TPSA) is 46.2 Å². The highest BCUT2D eigenvalue weighted by atomic mass is 16.3. The summed E-state index contributed by atoms with van der Waals surface area (Å²) in [5.74, 6) is 0. The summed E-state index contributed by atoms with van der Waals surface area (Å²) < 4.78 is 0. The molecule has 1 aromatic carbocycles. The van der Waals surface area contributed by atoms with Crippen LogP contribution in [0.1, 0.15) is 17.2 Å². The van der Waals surface area contributed by atoms with Gasteiger partial charge in [0.25, 0.3) is 0 Å². The summed E-state index contributed by atoms with van der Waals surface area (Å²) in [6.07, 6.45) is -0.517. The molecular weight excluding hydrogens is 138 g/mol. The Bertz CT molecular complexity index is 235. The maximum Gasteiger partial charge on any atom is 0.0914 e. The van der Waals surface area contributed by atoms with Crippen molar-refractivity contribution >= 4 is 0 Å². The largest absolute Gasteiger partial charge is 0.387 e. The molecule has 1 rings (SSSR count). The van der Waals surface area contributed by atoms with Gasteiger partial charge in [-0.1, -0.05) is 24.3 Å². The van der Waals surface area contributed by atoms with Gasteiger partial charge in [-0.2, -0.15) is 0 Å². The van der Waals surface area contributed by atoms with Crippen molar-refractivity contribution in [1.29, 1.82) is 0 Å². The van der Waals surface area contributed by atoms with Gasteiger partial charge < -0.3 is 10.8 Å². The lowest BCUT2D eigenvalue weighted by Crippen LogP contribution is -2.12. The summed E-state index contributed by atoms with van der Waals surface area (Å²) in [4.78, 5) is 0. The molecule has 11 heavy (non-hydrogen) atoms. The summed E-state index contributed by atoms with van der Waals surface area (Å²) in [6, 6.07) is 7.71. The molecule has 1 unspecified atom stereocenters. The Labute approximate surface area is 66.7 Å². The summed E-state index contributed by atoms with van der Waals surface area (Å²) in [5.41, 5.74) is 7.34. The smallest absolute Gasteiger partial charge is 0.0914 e. The molecular formula is C9H13NO. The molecule has 0 saturated carbocycles. The molecule has 3 N–H and O–H groups in total. The monoisotopic (exact) mass is 151 g/mol. The predicted molar refractivity (Wildman–Crippen MR) is 45.2 cm³/mol. The first-order valence-electron chi connectivity index (χ1n) is 3.69. The van der Waals surface area contributed by atoms with Crippen LogP contribution >= 0.6 is 0 Å². The normalized spacial score (nSPS) is 13.0. The van der Waals surface area contributed by atoms with Crippen LogP contribution in [-0.4, -0.2) is 11.7 Å². The van der Waals surface area contributed by atoms with Crippen molar-refractivity contribution in [2.45, 2.75) is 13.0 Å². The standard InChI is InChI=1S/C9H13NO/c1-7-4-2-3-5-8(7)9(11)6-10/h2-5,9,11H,6,10H2,1H3. The van der Waals surface area contributed by atoms with Crippen molar-refractivity contribution in [2.75, 3.05) is 6.54 Å². The Morgan fingerprint density at radius 3 is 2.64 bits per heavy atom. The number of aliphatic hydroxyl groups excluding tert-OH is 1. The van der Waals surface area contributed by atoms with Crippen molar-refractivity contribution in [3.05, 3.63) is 35.4 Å². The SMILES string of the molecule is Cc1ccccc1C(O)CN. The Hall–Kier alpha value is -0.860. The Morgan fingerprint density at radius 1 is 1.45 bits per heavy atom. The van der Waals surface area contributed by atoms with E-state index < -0.39 is 6.10 Å². The number of aryl methyl sites for hydroxylation is 1. The molecule has 0 spiro atoms. The summed E-state index contributed by atoms with van der Waals surface area (Å²) in [7, 11) is 0. The van der Waals surface area contributed by atoms with Crippen LogP contribution in [0.5, 0.6) is 0 Å². The van der Waals surface area contributed by atoms with Gasteiger partial charge >= 0.3 is 0 Å². The first-order valence-corrected chi connectivity index (χ1v) is 3.69. The Morgan fingerprint density at radius 2 is 2.09 bits per heavy atom. The molecule has 0 aliphatic heterocycles. The van der Waals surface area contributed by atoms with Crippen LogP contribution in [0.25, 0.3) is 0 Å². The van der Waals surface area contributed by atoms with E-state index in [2.05, 4.69) is 0 Å². The Balaban J connectivity index is 2.93. The van der Waals surface area contributed by atoms with E-state index in [1.165, 1.54) is 0 Å². The third-order valence-corrected chi connectivity index (χ3v) is 1.77. The molecule has 0 aliphatic rings. The molecule has 0 amide bonds. The van der Waals surface area contributed by atoms with Crippen LogP contribution in [0.2, 0.25) is 0 Å². The van der Waals surface area contributed by atoms with Crippen LogP contribution in [-0.2, 0) is 0 Å². The van der Waals surface area contributed by atoms with Crippen molar-refractivity contribution in [1.82, 2.24) is 0 Å². The third-order valence-electron chi connectivity index (χ3n) is 1.77. The maximum atomic E-state index is 9.39. The van der Waals surface area contributed by atoms with E-state index in [0.717, 1.165) is 11.1 Å². The van der Waals surface area contributed by atoms with Crippen LogP contribution in [0.3, 0.4) is 0 Å². The van der Waals surface area contributed by atoms with Gasteiger partial charge in [0.1, 0.15) is 0 Å². The van der Waals surface area contributed by atoms with E-state index in [0.29, 0.717) is 0 Å². The van der Waals surface area contributed by atoms with Gasteiger partial charge in [-0.15, -0.1) is 0 Å². The van der Waals surface area contributed by atoms with E-state index in [1.54, 1.807) is 0 Å².